The Bertz CT molecular complexity index is 1060. The summed E-state index contributed by atoms with van der Waals surface area (Å²) in [5.74, 6) is 0.730. The molecule has 0 aliphatic carbocycles. The first-order valence-electron chi connectivity index (χ1n) is 9.44. The fraction of sp³-hybridized carbons (Fsp3) is 0.364. The number of alkyl halides is 1. The van der Waals surface area contributed by atoms with E-state index in [0.29, 0.717) is 22.6 Å². The van der Waals surface area contributed by atoms with Gasteiger partial charge in [0.25, 0.3) is 5.56 Å². The van der Waals surface area contributed by atoms with Crippen molar-refractivity contribution >= 4 is 22.5 Å². The van der Waals surface area contributed by atoms with Gasteiger partial charge >= 0.3 is 0 Å². The van der Waals surface area contributed by atoms with Gasteiger partial charge in [-0.25, -0.2) is 9.66 Å². The Balaban J connectivity index is 1.93. The van der Waals surface area contributed by atoms with E-state index in [1.54, 1.807) is 16.8 Å². The third kappa shape index (κ3) is 3.09. The van der Waals surface area contributed by atoms with Crippen LogP contribution >= 0.6 is 11.6 Å². The molecule has 0 spiro atoms. The molecule has 1 saturated heterocycles. The summed E-state index contributed by atoms with van der Waals surface area (Å²) in [5.41, 5.74) is 1.02. The number of aliphatic hydroxyl groups is 1. The summed E-state index contributed by atoms with van der Waals surface area (Å²) in [4.78, 5) is 18.1. The van der Waals surface area contributed by atoms with Crippen LogP contribution < -0.4 is 10.6 Å². The molecule has 6 heteroatoms. The van der Waals surface area contributed by atoms with Gasteiger partial charge in [0.1, 0.15) is 6.10 Å². The van der Waals surface area contributed by atoms with Gasteiger partial charge in [0.15, 0.2) is 5.82 Å². The van der Waals surface area contributed by atoms with Crippen LogP contribution in [0, 0.1) is 5.41 Å². The predicted octanol–water partition coefficient (Wildman–Crippen LogP) is 3.78. The topological polar surface area (TPSA) is 58.1 Å². The number of halogens is 1. The molecule has 28 heavy (non-hydrogen) atoms. The molecule has 0 amide bonds. The molecule has 146 valence electrons. The van der Waals surface area contributed by atoms with E-state index < -0.39 is 11.5 Å². The number of benzene rings is 2. The van der Waals surface area contributed by atoms with Gasteiger partial charge in [-0.15, -0.1) is 11.6 Å². The largest absolute Gasteiger partial charge is 0.385 e. The maximum absolute atomic E-state index is 13.4. The van der Waals surface area contributed by atoms with Crippen molar-refractivity contribution in [2.24, 2.45) is 5.41 Å². The summed E-state index contributed by atoms with van der Waals surface area (Å²) >= 11 is 6.24. The number of fused-ring (bicyclic) bond motifs is 1. The van der Waals surface area contributed by atoms with Crippen molar-refractivity contribution in [3.63, 3.8) is 0 Å². The van der Waals surface area contributed by atoms with Crippen molar-refractivity contribution < 1.29 is 5.11 Å². The highest BCUT2D eigenvalue weighted by atomic mass is 35.5. The SMILES string of the molecule is CC(C)(C)[C@H](O)c1nc2ccccc2c(=O)n1N1[C@@H](CCl)[C@@H]1c1ccccc1. The first-order chi connectivity index (χ1) is 13.3. The fourth-order valence-corrected chi connectivity index (χ4v) is 3.96. The molecular weight excluding hydrogens is 374 g/mol. The molecule has 0 bridgehead atoms. The average molecular weight is 398 g/mol. The van der Waals surface area contributed by atoms with E-state index in [1.165, 1.54) is 0 Å². The van der Waals surface area contributed by atoms with E-state index in [9.17, 15) is 9.90 Å². The second kappa shape index (κ2) is 6.90. The van der Waals surface area contributed by atoms with Crippen molar-refractivity contribution in [1.82, 2.24) is 9.66 Å². The van der Waals surface area contributed by atoms with Gasteiger partial charge in [-0.05, 0) is 23.1 Å². The number of rotatable bonds is 4. The Morgan fingerprint density at radius 3 is 2.39 bits per heavy atom. The molecule has 2 heterocycles. The van der Waals surface area contributed by atoms with Crippen molar-refractivity contribution in [2.45, 2.75) is 39.0 Å². The molecule has 1 aromatic heterocycles. The molecule has 1 N–H and O–H groups in total. The number of hydrogen-bond donors (Lipinski definition) is 1. The fourth-order valence-electron chi connectivity index (χ4n) is 3.65. The van der Waals surface area contributed by atoms with Crippen LogP contribution in [0.25, 0.3) is 10.9 Å². The predicted molar refractivity (Wildman–Crippen MR) is 112 cm³/mol. The van der Waals surface area contributed by atoms with Gasteiger partial charge in [-0.1, -0.05) is 63.2 Å². The average Bonchev–Trinajstić information content (AvgIpc) is 3.41. The van der Waals surface area contributed by atoms with Crippen LogP contribution in [0.15, 0.2) is 59.4 Å². The summed E-state index contributed by atoms with van der Waals surface area (Å²) in [6.07, 6.45) is -0.905. The lowest BCUT2D eigenvalue weighted by atomic mass is 9.88. The highest BCUT2D eigenvalue weighted by Gasteiger charge is 2.51. The van der Waals surface area contributed by atoms with Gasteiger partial charge < -0.3 is 5.11 Å². The van der Waals surface area contributed by atoms with Gasteiger partial charge in [-0.2, -0.15) is 0 Å². The Hall–Kier alpha value is -2.37. The van der Waals surface area contributed by atoms with E-state index in [2.05, 4.69) is 4.98 Å². The molecule has 2 aromatic carbocycles. The minimum atomic E-state index is -0.905. The molecule has 3 atom stereocenters. The van der Waals surface area contributed by atoms with Crippen LogP contribution in [0.2, 0.25) is 0 Å². The smallest absolute Gasteiger partial charge is 0.280 e. The summed E-state index contributed by atoms with van der Waals surface area (Å²) in [6, 6.07) is 17.2. The van der Waals surface area contributed by atoms with Crippen LogP contribution in [-0.4, -0.2) is 26.7 Å². The summed E-state index contributed by atoms with van der Waals surface area (Å²) < 4.78 is 1.54. The number of nitrogens with zero attached hydrogens (tertiary/aromatic N) is 3. The Morgan fingerprint density at radius 2 is 1.75 bits per heavy atom. The maximum Gasteiger partial charge on any atom is 0.280 e. The zero-order valence-electron chi connectivity index (χ0n) is 16.2. The van der Waals surface area contributed by atoms with Crippen LogP contribution in [-0.2, 0) is 0 Å². The lowest BCUT2D eigenvalue weighted by Gasteiger charge is -2.28. The van der Waals surface area contributed by atoms with Crippen molar-refractivity contribution in [3.05, 3.63) is 76.3 Å². The van der Waals surface area contributed by atoms with Crippen LogP contribution in [0.4, 0.5) is 0 Å². The maximum atomic E-state index is 13.4. The van der Waals surface area contributed by atoms with Crippen molar-refractivity contribution in [1.29, 1.82) is 0 Å². The summed E-state index contributed by atoms with van der Waals surface area (Å²) in [7, 11) is 0. The third-order valence-corrected chi connectivity index (χ3v) is 5.59. The van der Waals surface area contributed by atoms with E-state index >= 15 is 0 Å². The first-order valence-corrected chi connectivity index (χ1v) is 9.97. The van der Waals surface area contributed by atoms with E-state index in [-0.39, 0.29) is 17.6 Å². The molecule has 5 nitrogen and oxygen atoms in total. The Labute approximate surface area is 169 Å². The monoisotopic (exact) mass is 397 g/mol. The second-order valence-electron chi connectivity index (χ2n) is 8.33. The van der Waals surface area contributed by atoms with Crippen molar-refractivity contribution in [2.75, 3.05) is 10.9 Å². The number of aromatic nitrogens is 2. The Kier molecular flexibility index (Phi) is 4.68. The molecule has 0 unspecified atom stereocenters. The minimum absolute atomic E-state index is 0.0229. The van der Waals surface area contributed by atoms with Crippen molar-refractivity contribution in [3.8, 4) is 0 Å². The molecule has 1 aliphatic heterocycles. The van der Waals surface area contributed by atoms with E-state index in [1.807, 2.05) is 68.2 Å². The number of aliphatic hydroxyl groups excluding tert-OH is 1. The van der Waals surface area contributed by atoms with Crippen LogP contribution in [0.3, 0.4) is 0 Å². The zero-order chi connectivity index (χ0) is 20.1. The normalized spacial score (nSPS) is 20.4. The van der Waals surface area contributed by atoms with Gasteiger partial charge in [-0.3, -0.25) is 9.80 Å². The molecule has 1 fully saturated rings. The van der Waals surface area contributed by atoms with Crippen LogP contribution in [0.5, 0.6) is 0 Å². The summed E-state index contributed by atoms with van der Waals surface area (Å²) in [5, 5.41) is 13.5. The van der Waals surface area contributed by atoms with E-state index in [4.69, 9.17) is 11.6 Å². The molecule has 3 aromatic rings. The molecular formula is C22H24ClN3O2. The first kappa shape index (κ1) is 19.0. The second-order valence-corrected chi connectivity index (χ2v) is 8.64. The van der Waals surface area contributed by atoms with Gasteiger partial charge in [0.2, 0.25) is 0 Å². The van der Waals surface area contributed by atoms with Gasteiger partial charge in [0.05, 0.1) is 23.0 Å². The minimum Gasteiger partial charge on any atom is -0.385 e. The third-order valence-electron chi connectivity index (χ3n) is 5.27. The van der Waals surface area contributed by atoms with Crippen LogP contribution in [0.1, 0.15) is 44.3 Å². The number of hydrogen-bond acceptors (Lipinski definition) is 4. The quantitative estimate of drug-likeness (QED) is 0.537. The molecule has 0 radical (unpaired) electrons. The molecule has 4 rings (SSSR count). The van der Waals surface area contributed by atoms with Gasteiger partial charge in [0, 0.05) is 5.88 Å². The van der Waals surface area contributed by atoms with E-state index in [0.717, 1.165) is 5.56 Å². The zero-order valence-corrected chi connectivity index (χ0v) is 17.0. The lowest BCUT2D eigenvalue weighted by molar-refractivity contribution is 0.0511. The molecule has 0 saturated carbocycles. The number of para-hydroxylation sites is 1. The highest BCUT2D eigenvalue weighted by Crippen LogP contribution is 2.43. The lowest BCUT2D eigenvalue weighted by Crippen LogP contribution is -2.37. The Morgan fingerprint density at radius 1 is 1.11 bits per heavy atom. The molecule has 1 aliphatic rings. The summed E-state index contributed by atoms with van der Waals surface area (Å²) in [6.45, 7) is 5.79. The highest BCUT2D eigenvalue weighted by molar-refractivity contribution is 6.18. The standard InChI is InChI=1S/C22H24ClN3O2/c1-22(2,3)19(27)20-24-16-12-8-7-11-15(16)21(28)26(20)25-17(13-23)18(25)14-9-5-4-6-10-14/h4-12,17-19,27H,13H2,1-3H3/t17-,18-,19+,25?/m0/s1.